The summed E-state index contributed by atoms with van der Waals surface area (Å²) in [5.41, 5.74) is 4.50. The van der Waals surface area contributed by atoms with Crippen molar-refractivity contribution >= 4 is 34.8 Å². The van der Waals surface area contributed by atoms with Crippen LogP contribution in [-0.4, -0.2) is 21.5 Å². The van der Waals surface area contributed by atoms with Crippen LogP contribution in [0.3, 0.4) is 0 Å². The van der Waals surface area contributed by atoms with Gasteiger partial charge >= 0.3 is 0 Å². The number of halogens is 1. The van der Waals surface area contributed by atoms with Crippen LogP contribution in [0.2, 0.25) is 5.02 Å². The number of aromatic nitrogens is 2. The quantitative estimate of drug-likeness (QED) is 0.521. The van der Waals surface area contributed by atoms with Crippen molar-refractivity contribution in [2.45, 2.75) is 39.7 Å². The van der Waals surface area contributed by atoms with E-state index in [9.17, 15) is 9.59 Å². The predicted molar refractivity (Wildman–Crippen MR) is 130 cm³/mol. The number of benzene rings is 2. The monoisotopic (exact) mass is 460 g/mol. The number of fused-ring (bicyclic) bond motifs is 1. The van der Waals surface area contributed by atoms with Gasteiger partial charge in [-0.1, -0.05) is 49.7 Å². The van der Waals surface area contributed by atoms with E-state index < -0.39 is 6.04 Å². The van der Waals surface area contributed by atoms with Crippen molar-refractivity contribution in [3.8, 4) is 0 Å². The summed E-state index contributed by atoms with van der Waals surface area (Å²) in [4.78, 5) is 26.5. The summed E-state index contributed by atoms with van der Waals surface area (Å²) in [5, 5.41) is 11.5. The third-order valence-corrected chi connectivity index (χ3v) is 6.46. The third kappa shape index (κ3) is 3.95. The number of hydrogen-bond donors (Lipinski definition) is 2. The molecule has 168 valence electrons. The number of ketones is 1. The number of anilines is 2. The number of allylic oxidation sites excluding steroid dienone is 2. The first-order valence-corrected chi connectivity index (χ1v) is 11.3. The van der Waals surface area contributed by atoms with Crippen LogP contribution in [0.25, 0.3) is 0 Å². The molecule has 5 rings (SSSR count). The van der Waals surface area contributed by atoms with E-state index in [4.69, 9.17) is 11.6 Å². The van der Waals surface area contributed by atoms with E-state index in [1.807, 2.05) is 55.5 Å². The van der Waals surface area contributed by atoms with Crippen LogP contribution in [0, 0.1) is 12.3 Å². The lowest BCUT2D eigenvalue weighted by Crippen LogP contribution is -2.36. The summed E-state index contributed by atoms with van der Waals surface area (Å²) in [7, 11) is 0. The maximum atomic E-state index is 13.3. The molecule has 0 bridgehead atoms. The normalized spacial score (nSPS) is 18.9. The number of Topliss-reactive ketones (excluding diaryl/α,β-unsaturated/α-hetero) is 1. The number of nitrogens with one attached hydrogen (secondary N) is 2. The zero-order valence-corrected chi connectivity index (χ0v) is 19.5. The smallest absolute Gasteiger partial charge is 0.261 e. The van der Waals surface area contributed by atoms with E-state index in [1.54, 1.807) is 10.9 Å². The van der Waals surface area contributed by atoms with E-state index in [0.29, 0.717) is 34.8 Å². The first-order valence-electron chi connectivity index (χ1n) is 11.0. The number of carbonyl (C=O) groups is 2. The molecule has 3 aromatic rings. The number of amides is 1. The van der Waals surface area contributed by atoms with Gasteiger partial charge in [0.2, 0.25) is 0 Å². The minimum atomic E-state index is -0.419. The second-order valence-electron chi connectivity index (χ2n) is 9.59. The van der Waals surface area contributed by atoms with Crippen molar-refractivity contribution in [2.75, 3.05) is 10.6 Å². The van der Waals surface area contributed by atoms with Crippen molar-refractivity contribution in [1.82, 2.24) is 9.78 Å². The minimum Gasteiger partial charge on any atom is -0.343 e. The lowest BCUT2D eigenvalue weighted by Gasteiger charge is -2.39. The van der Waals surface area contributed by atoms with E-state index in [2.05, 4.69) is 29.6 Å². The van der Waals surface area contributed by atoms with Gasteiger partial charge in [-0.05, 0) is 54.2 Å². The second kappa shape index (κ2) is 7.89. The van der Waals surface area contributed by atoms with Gasteiger partial charge in [-0.25, -0.2) is 4.68 Å². The molecule has 33 heavy (non-hydrogen) atoms. The lowest BCUT2D eigenvalue weighted by molar-refractivity contribution is -0.118. The summed E-state index contributed by atoms with van der Waals surface area (Å²) in [5.74, 6) is 0.430. The molecule has 2 N–H and O–H groups in total. The summed E-state index contributed by atoms with van der Waals surface area (Å²) in [6.45, 7) is 6.15. The van der Waals surface area contributed by atoms with Crippen LogP contribution in [0.1, 0.15) is 54.2 Å². The molecular formula is C26H25ClN4O2. The second-order valence-corrected chi connectivity index (χ2v) is 10.0. The van der Waals surface area contributed by atoms with E-state index in [0.717, 1.165) is 22.5 Å². The molecule has 0 fully saturated rings. The van der Waals surface area contributed by atoms with Gasteiger partial charge in [0.25, 0.3) is 5.91 Å². The molecule has 1 aliphatic carbocycles. The van der Waals surface area contributed by atoms with Crippen LogP contribution >= 0.6 is 11.6 Å². The Morgan fingerprint density at radius 3 is 2.67 bits per heavy atom. The average Bonchev–Trinajstić information content (AvgIpc) is 3.16. The van der Waals surface area contributed by atoms with Crippen LogP contribution in [0.15, 0.2) is 66.0 Å². The molecule has 2 aromatic carbocycles. The minimum absolute atomic E-state index is 0.0978. The Kier molecular flexibility index (Phi) is 5.13. The van der Waals surface area contributed by atoms with Crippen molar-refractivity contribution in [1.29, 1.82) is 0 Å². The van der Waals surface area contributed by atoms with Crippen molar-refractivity contribution in [3.05, 3.63) is 87.7 Å². The molecule has 2 heterocycles. The van der Waals surface area contributed by atoms with E-state index >= 15 is 0 Å². The maximum Gasteiger partial charge on any atom is 0.261 e. The predicted octanol–water partition coefficient (Wildman–Crippen LogP) is 5.76. The van der Waals surface area contributed by atoms with Crippen molar-refractivity contribution in [2.24, 2.45) is 5.41 Å². The van der Waals surface area contributed by atoms with E-state index in [-0.39, 0.29) is 17.1 Å². The molecule has 0 spiro atoms. The number of carbonyl (C=O) groups excluding carboxylic acids is 2. The molecular weight excluding hydrogens is 436 g/mol. The number of nitrogens with zero attached hydrogens (tertiary/aromatic N) is 2. The summed E-state index contributed by atoms with van der Waals surface area (Å²) < 4.78 is 1.74. The Balaban J connectivity index is 1.59. The Labute approximate surface area is 197 Å². The fraction of sp³-hybridized carbons (Fsp3) is 0.269. The summed E-state index contributed by atoms with van der Waals surface area (Å²) in [6.07, 6.45) is 2.74. The van der Waals surface area contributed by atoms with Gasteiger partial charge in [0, 0.05) is 28.4 Å². The molecule has 7 heteroatoms. The standard InChI is InChI=1S/C26H25ClN4O2/c1-15-5-4-6-18(11-15)29-25(33)19-14-28-31-23(16-7-9-17(27)10-8-16)22-20(30-24(19)31)12-26(2,3)13-21(22)32/h4-11,14,23,30H,12-13H2,1-3H3,(H,29,33)/t23-/m1/s1. The highest BCUT2D eigenvalue weighted by Gasteiger charge is 2.42. The lowest BCUT2D eigenvalue weighted by atomic mass is 9.73. The average molecular weight is 461 g/mol. The highest BCUT2D eigenvalue weighted by Crippen LogP contribution is 2.46. The number of hydrogen-bond acceptors (Lipinski definition) is 4. The van der Waals surface area contributed by atoms with Crippen molar-refractivity contribution < 1.29 is 9.59 Å². The molecule has 6 nitrogen and oxygen atoms in total. The van der Waals surface area contributed by atoms with Gasteiger partial charge in [0.1, 0.15) is 17.4 Å². The topological polar surface area (TPSA) is 76.0 Å². The Morgan fingerprint density at radius 2 is 1.94 bits per heavy atom. The maximum absolute atomic E-state index is 13.3. The van der Waals surface area contributed by atoms with Gasteiger partial charge in [-0.15, -0.1) is 0 Å². The molecule has 0 unspecified atom stereocenters. The zero-order valence-electron chi connectivity index (χ0n) is 18.8. The molecule has 1 aromatic heterocycles. The highest BCUT2D eigenvalue weighted by molar-refractivity contribution is 6.30. The molecule has 1 atom stereocenters. The van der Waals surface area contributed by atoms with Crippen molar-refractivity contribution in [3.63, 3.8) is 0 Å². The van der Waals surface area contributed by atoms with Crippen LogP contribution in [0.4, 0.5) is 11.5 Å². The SMILES string of the molecule is Cc1cccc(NC(=O)c2cnn3c2NC2=C(C(=O)CC(C)(C)C2)[C@H]3c2ccc(Cl)cc2)c1. The molecule has 1 aliphatic heterocycles. The van der Waals surface area contributed by atoms with Crippen LogP contribution in [0.5, 0.6) is 0 Å². The van der Waals surface area contributed by atoms with Crippen LogP contribution < -0.4 is 10.6 Å². The first kappa shape index (κ1) is 21.5. The Hall–Kier alpha value is -3.38. The molecule has 0 saturated carbocycles. The number of aryl methyl sites for hydroxylation is 1. The number of rotatable bonds is 3. The molecule has 0 saturated heterocycles. The summed E-state index contributed by atoms with van der Waals surface area (Å²) in [6, 6.07) is 14.7. The third-order valence-electron chi connectivity index (χ3n) is 6.21. The highest BCUT2D eigenvalue weighted by atomic mass is 35.5. The van der Waals surface area contributed by atoms with E-state index in [1.165, 1.54) is 0 Å². The molecule has 2 aliphatic rings. The molecule has 1 amide bonds. The fourth-order valence-electron chi connectivity index (χ4n) is 4.75. The van der Waals surface area contributed by atoms with Gasteiger partial charge in [-0.2, -0.15) is 5.10 Å². The first-order chi connectivity index (χ1) is 15.7. The fourth-order valence-corrected chi connectivity index (χ4v) is 4.88. The van der Waals surface area contributed by atoms with Gasteiger partial charge in [0.15, 0.2) is 5.78 Å². The summed E-state index contributed by atoms with van der Waals surface area (Å²) >= 11 is 6.12. The van der Waals surface area contributed by atoms with Gasteiger partial charge in [-0.3, -0.25) is 9.59 Å². The largest absolute Gasteiger partial charge is 0.343 e. The Morgan fingerprint density at radius 1 is 1.18 bits per heavy atom. The Bertz CT molecular complexity index is 1300. The zero-order chi connectivity index (χ0) is 23.3. The molecule has 0 radical (unpaired) electrons. The van der Waals surface area contributed by atoms with Gasteiger partial charge < -0.3 is 10.6 Å². The van der Waals surface area contributed by atoms with Crippen LogP contribution in [-0.2, 0) is 4.79 Å². The van der Waals surface area contributed by atoms with Gasteiger partial charge in [0.05, 0.1) is 6.20 Å².